The summed E-state index contributed by atoms with van der Waals surface area (Å²) in [6.07, 6.45) is -21.2. The van der Waals surface area contributed by atoms with Gasteiger partial charge in [-0.25, -0.2) is 0 Å². The fourth-order valence-electron chi connectivity index (χ4n) is 5.82. The molecule has 0 aromatic carbocycles. The quantitative estimate of drug-likeness (QED) is 0.0818. The van der Waals surface area contributed by atoms with Crippen LogP contribution in [0.4, 0.5) is 0 Å². The summed E-state index contributed by atoms with van der Waals surface area (Å²) in [6, 6.07) is 0. The molecule has 21 nitrogen and oxygen atoms in total. The maximum atomic E-state index is 10.8. The van der Waals surface area contributed by atoms with Gasteiger partial charge in [0, 0.05) is 0 Å². The van der Waals surface area contributed by atoms with Crippen molar-refractivity contribution in [3.63, 3.8) is 0 Å². The standard InChI is InChI=1S/C24H42O21/c25-1-9-13(31)17(35)21(5-27,41-9)39-3-11-15(33)18(36)22(6-28,43-11)40-4-12-16(34)20(38)24(8-30,44-12)45-23(7-29)19(37)14(32)10(2-26)42-23/h9-20,25-38H,1-8H2/t9-,10-,11-,12-,13-,14-,15-,16-,17+,18+,19+,20+,21-,22-,23+,24+/m1/s1. The number of aliphatic hydroxyl groups is 14. The maximum Gasteiger partial charge on any atom is 0.224 e. The SMILES string of the molecule is OC[C@H]1O[C@@](CO)(O[C@]2(CO)O[C@H](CO[C@]3(CO)O[C@H](CO[C@]4(CO)O[C@H](CO)[C@@H](O)[C@@H]4O)[C@@H](O)[C@@H]3O)[C@@H](O)[C@@H]2O)[C@@H](O)[C@@H]1O. The molecule has 14 N–H and O–H groups in total. The molecule has 4 rings (SSSR count). The van der Waals surface area contributed by atoms with Gasteiger partial charge in [0.2, 0.25) is 23.1 Å². The first-order chi connectivity index (χ1) is 21.2. The summed E-state index contributed by atoms with van der Waals surface area (Å²) in [4.78, 5) is 0. The summed E-state index contributed by atoms with van der Waals surface area (Å²) in [7, 11) is 0. The van der Waals surface area contributed by atoms with Crippen LogP contribution in [0.25, 0.3) is 0 Å². The number of rotatable bonds is 14. The van der Waals surface area contributed by atoms with E-state index in [2.05, 4.69) is 0 Å². The molecule has 0 unspecified atom stereocenters. The number of aliphatic hydroxyl groups excluding tert-OH is 14. The highest BCUT2D eigenvalue weighted by Gasteiger charge is 2.65. The van der Waals surface area contributed by atoms with Crippen molar-refractivity contribution in [2.75, 3.05) is 52.9 Å². The Hall–Kier alpha value is -0.840. The summed E-state index contributed by atoms with van der Waals surface area (Å²) in [5.41, 5.74) is 0. The fourth-order valence-corrected chi connectivity index (χ4v) is 5.82. The maximum absolute atomic E-state index is 10.8. The molecule has 0 aromatic rings. The van der Waals surface area contributed by atoms with Gasteiger partial charge in [0.15, 0.2) is 0 Å². The molecule has 4 aliphatic rings. The van der Waals surface area contributed by atoms with Gasteiger partial charge in [0.1, 0.15) is 99.7 Å². The van der Waals surface area contributed by atoms with E-state index in [9.17, 15) is 71.5 Å². The molecule has 4 fully saturated rings. The van der Waals surface area contributed by atoms with Crippen molar-refractivity contribution < 1.29 is 105 Å². The lowest BCUT2D eigenvalue weighted by Gasteiger charge is -2.40. The van der Waals surface area contributed by atoms with Crippen LogP contribution in [0.1, 0.15) is 0 Å². The Morgan fingerprint density at radius 3 is 0.978 bits per heavy atom. The lowest BCUT2D eigenvalue weighted by molar-refractivity contribution is -0.395. The highest BCUT2D eigenvalue weighted by atomic mass is 16.8. The van der Waals surface area contributed by atoms with Crippen LogP contribution >= 0.6 is 0 Å². The van der Waals surface area contributed by atoms with Gasteiger partial charge in [0.25, 0.3) is 0 Å². The molecule has 16 atom stereocenters. The van der Waals surface area contributed by atoms with Crippen LogP contribution in [-0.4, -0.2) is 221 Å². The Morgan fingerprint density at radius 2 is 0.667 bits per heavy atom. The Bertz CT molecular complexity index is 979. The average Bonchev–Trinajstić information content (AvgIpc) is 3.64. The summed E-state index contributed by atoms with van der Waals surface area (Å²) in [6.45, 7) is -7.68. The number of hydrogen-bond donors (Lipinski definition) is 14. The first kappa shape index (κ1) is 37.0. The van der Waals surface area contributed by atoms with E-state index >= 15 is 0 Å². The Morgan fingerprint density at radius 1 is 0.400 bits per heavy atom. The van der Waals surface area contributed by atoms with Crippen LogP contribution in [0.15, 0.2) is 0 Å². The van der Waals surface area contributed by atoms with E-state index in [1.165, 1.54) is 0 Å². The zero-order valence-corrected chi connectivity index (χ0v) is 23.7. The minimum atomic E-state index is -2.63. The lowest BCUT2D eigenvalue weighted by atomic mass is 10.0. The van der Waals surface area contributed by atoms with Gasteiger partial charge in [-0.05, 0) is 0 Å². The minimum absolute atomic E-state index is 0.735. The first-order valence-corrected chi connectivity index (χ1v) is 14.0. The van der Waals surface area contributed by atoms with Crippen LogP contribution in [0, 0.1) is 0 Å². The highest BCUT2D eigenvalue weighted by molar-refractivity contribution is 5.04. The number of ether oxygens (including phenoxy) is 7. The molecule has 0 bridgehead atoms. The van der Waals surface area contributed by atoms with E-state index in [4.69, 9.17) is 33.2 Å². The zero-order chi connectivity index (χ0) is 33.5. The Kier molecular flexibility index (Phi) is 11.5. The van der Waals surface area contributed by atoms with Crippen LogP contribution in [0.3, 0.4) is 0 Å². The molecule has 0 aliphatic carbocycles. The molecule has 0 amide bonds. The van der Waals surface area contributed by atoms with Gasteiger partial charge < -0.3 is 105 Å². The molecule has 4 aliphatic heterocycles. The molecule has 21 heteroatoms. The van der Waals surface area contributed by atoms with Gasteiger partial charge in [-0.1, -0.05) is 0 Å². The predicted molar refractivity (Wildman–Crippen MR) is 134 cm³/mol. The van der Waals surface area contributed by atoms with Crippen molar-refractivity contribution in [1.82, 2.24) is 0 Å². The molecule has 0 aromatic heterocycles. The van der Waals surface area contributed by atoms with Crippen LogP contribution < -0.4 is 0 Å². The second kappa shape index (κ2) is 13.9. The second-order valence-corrected chi connectivity index (χ2v) is 11.3. The highest BCUT2D eigenvalue weighted by Crippen LogP contribution is 2.42. The summed E-state index contributed by atoms with van der Waals surface area (Å²) < 4.78 is 38.0. The van der Waals surface area contributed by atoms with Crippen molar-refractivity contribution in [2.24, 2.45) is 0 Å². The van der Waals surface area contributed by atoms with Gasteiger partial charge in [-0.15, -0.1) is 0 Å². The van der Waals surface area contributed by atoms with Crippen molar-refractivity contribution in [3.8, 4) is 0 Å². The van der Waals surface area contributed by atoms with E-state index in [1.54, 1.807) is 0 Å². The van der Waals surface area contributed by atoms with E-state index in [0.717, 1.165) is 0 Å². The smallest absolute Gasteiger partial charge is 0.224 e. The molecule has 0 spiro atoms. The van der Waals surface area contributed by atoms with Gasteiger partial charge in [-0.3, -0.25) is 0 Å². The van der Waals surface area contributed by atoms with E-state index < -0.39 is 149 Å². The van der Waals surface area contributed by atoms with Crippen LogP contribution in [0.2, 0.25) is 0 Å². The molecule has 0 radical (unpaired) electrons. The number of hydrogen-bond acceptors (Lipinski definition) is 21. The molecule has 4 heterocycles. The normalized spacial score (nSPS) is 51.9. The lowest BCUT2D eigenvalue weighted by Crippen LogP contribution is -2.59. The van der Waals surface area contributed by atoms with E-state index in [-0.39, 0.29) is 0 Å². The largest absolute Gasteiger partial charge is 0.394 e. The second-order valence-electron chi connectivity index (χ2n) is 11.3. The van der Waals surface area contributed by atoms with Crippen molar-refractivity contribution in [3.05, 3.63) is 0 Å². The van der Waals surface area contributed by atoms with Crippen LogP contribution in [-0.2, 0) is 33.2 Å². The van der Waals surface area contributed by atoms with Gasteiger partial charge in [0.05, 0.1) is 26.4 Å². The predicted octanol–water partition coefficient (Wildman–Crippen LogP) is -9.74. The van der Waals surface area contributed by atoms with Gasteiger partial charge in [-0.2, -0.15) is 0 Å². The molecule has 4 saturated heterocycles. The van der Waals surface area contributed by atoms with E-state index in [0.29, 0.717) is 0 Å². The minimum Gasteiger partial charge on any atom is -0.394 e. The van der Waals surface area contributed by atoms with Crippen molar-refractivity contribution in [1.29, 1.82) is 0 Å². The fraction of sp³-hybridized carbons (Fsp3) is 1.00. The molecule has 45 heavy (non-hydrogen) atoms. The average molecular weight is 667 g/mol. The molecular weight excluding hydrogens is 624 g/mol. The van der Waals surface area contributed by atoms with Crippen LogP contribution in [0.5, 0.6) is 0 Å². The third-order valence-electron chi connectivity index (χ3n) is 8.59. The van der Waals surface area contributed by atoms with Crippen molar-refractivity contribution in [2.45, 2.75) is 96.4 Å². The molecule has 0 saturated carbocycles. The molecular formula is C24H42O21. The Labute approximate surface area is 254 Å². The summed E-state index contributed by atoms with van der Waals surface area (Å²) in [5, 5.41) is 142. The van der Waals surface area contributed by atoms with E-state index in [1.807, 2.05) is 0 Å². The van der Waals surface area contributed by atoms with Crippen molar-refractivity contribution >= 4 is 0 Å². The summed E-state index contributed by atoms with van der Waals surface area (Å²) >= 11 is 0. The topological polar surface area (TPSA) is 348 Å². The third kappa shape index (κ3) is 6.14. The Balaban J connectivity index is 1.44. The third-order valence-corrected chi connectivity index (χ3v) is 8.59. The monoisotopic (exact) mass is 666 g/mol. The molecule has 264 valence electrons. The summed E-state index contributed by atoms with van der Waals surface area (Å²) in [5.74, 6) is -9.86. The van der Waals surface area contributed by atoms with Gasteiger partial charge >= 0.3 is 0 Å². The zero-order valence-electron chi connectivity index (χ0n) is 23.7. The first-order valence-electron chi connectivity index (χ1n) is 14.0.